The first kappa shape index (κ1) is 22.2. The molecule has 29 heavy (non-hydrogen) atoms. The summed E-state index contributed by atoms with van der Waals surface area (Å²) in [6, 6.07) is 13.8. The topological polar surface area (TPSA) is 52.6 Å². The maximum absolute atomic E-state index is 12.8. The molecule has 7 heteroatoms. The molecule has 0 bridgehead atoms. The first-order chi connectivity index (χ1) is 13.8. The number of alkyl halides is 3. The maximum Gasteiger partial charge on any atom is 0.416 e. The van der Waals surface area contributed by atoms with Gasteiger partial charge in [0.15, 0.2) is 5.92 Å². The molecule has 0 fully saturated rings. The SMILES string of the molecule is COC(=O)C(C(=O)OC)[C@@H](/C=C/c1ccccc1)Cc1ccc(C(F)(F)F)cc1. The zero-order valence-corrected chi connectivity index (χ0v) is 16.0. The van der Waals surface area contributed by atoms with Crippen LogP contribution in [0.4, 0.5) is 13.2 Å². The molecule has 2 aromatic carbocycles. The summed E-state index contributed by atoms with van der Waals surface area (Å²) in [5.41, 5.74) is 0.618. The van der Waals surface area contributed by atoms with E-state index in [4.69, 9.17) is 9.47 Å². The zero-order chi connectivity index (χ0) is 21.4. The summed E-state index contributed by atoms with van der Waals surface area (Å²) in [5.74, 6) is -3.46. The molecule has 0 aliphatic heterocycles. The Bertz CT molecular complexity index is 827. The number of halogens is 3. The number of allylic oxidation sites excluding steroid dienone is 1. The molecule has 0 N–H and O–H groups in total. The van der Waals surface area contributed by atoms with E-state index in [1.165, 1.54) is 12.1 Å². The van der Waals surface area contributed by atoms with Crippen molar-refractivity contribution in [1.82, 2.24) is 0 Å². The summed E-state index contributed by atoms with van der Waals surface area (Å²) < 4.78 is 47.9. The van der Waals surface area contributed by atoms with Crippen LogP contribution in [0, 0.1) is 11.8 Å². The van der Waals surface area contributed by atoms with Gasteiger partial charge in [-0.3, -0.25) is 9.59 Å². The fraction of sp³-hybridized carbons (Fsp3) is 0.273. The lowest BCUT2D eigenvalue weighted by molar-refractivity contribution is -0.160. The highest BCUT2D eigenvalue weighted by molar-refractivity contribution is 5.95. The van der Waals surface area contributed by atoms with Crippen LogP contribution in [0.3, 0.4) is 0 Å². The highest BCUT2D eigenvalue weighted by Crippen LogP contribution is 2.30. The van der Waals surface area contributed by atoms with E-state index in [0.29, 0.717) is 5.56 Å². The van der Waals surface area contributed by atoms with Gasteiger partial charge >= 0.3 is 18.1 Å². The third-order valence-corrected chi connectivity index (χ3v) is 4.43. The zero-order valence-electron chi connectivity index (χ0n) is 16.0. The molecule has 2 aromatic rings. The number of ether oxygens (including phenoxy) is 2. The van der Waals surface area contributed by atoms with Gasteiger partial charge in [-0.25, -0.2) is 0 Å². The van der Waals surface area contributed by atoms with Gasteiger partial charge in [-0.05, 0) is 29.7 Å². The summed E-state index contributed by atoms with van der Waals surface area (Å²) in [6.45, 7) is 0. The minimum absolute atomic E-state index is 0.149. The molecule has 0 unspecified atom stereocenters. The van der Waals surface area contributed by atoms with Crippen LogP contribution in [-0.4, -0.2) is 26.2 Å². The average molecular weight is 406 g/mol. The van der Waals surface area contributed by atoms with E-state index >= 15 is 0 Å². The predicted molar refractivity (Wildman–Crippen MR) is 102 cm³/mol. The van der Waals surface area contributed by atoms with Gasteiger partial charge < -0.3 is 9.47 Å². The number of methoxy groups -OCH3 is 2. The standard InChI is InChI=1S/C22H21F3O4/c1-28-20(26)19(21(27)29-2)17(11-8-15-6-4-3-5-7-15)14-16-9-12-18(13-10-16)22(23,24)25/h3-13,17,19H,14H2,1-2H3/b11-8+/t17-/m0/s1. The highest BCUT2D eigenvalue weighted by Gasteiger charge is 2.36. The van der Waals surface area contributed by atoms with Crippen molar-refractivity contribution < 1.29 is 32.2 Å². The van der Waals surface area contributed by atoms with Gasteiger partial charge in [0, 0.05) is 5.92 Å². The van der Waals surface area contributed by atoms with E-state index in [0.717, 1.165) is 31.9 Å². The minimum atomic E-state index is -4.44. The molecular weight excluding hydrogens is 385 g/mol. The fourth-order valence-electron chi connectivity index (χ4n) is 2.90. The molecule has 1 atom stereocenters. The van der Waals surface area contributed by atoms with Crippen molar-refractivity contribution in [2.75, 3.05) is 14.2 Å². The van der Waals surface area contributed by atoms with Crippen molar-refractivity contribution in [3.8, 4) is 0 Å². The van der Waals surface area contributed by atoms with Crippen molar-refractivity contribution in [3.05, 3.63) is 77.4 Å². The highest BCUT2D eigenvalue weighted by atomic mass is 19.4. The van der Waals surface area contributed by atoms with Crippen LogP contribution >= 0.6 is 0 Å². The van der Waals surface area contributed by atoms with Crippen molar-refractivity contribution >= 4 is 18.0 Å². The first-order valence-electron chi connectivity index (χ1n) is 8.81. The fourth-order valence-corrected chi connectivity index (χ4v) is 2.90. The smallest absolute Gasteiger partial charge is 0.416 e. The molecule has 0 amide bonds. The molecule has 2 rings (SSSR count). The second kappa shape index (κ2) is 9.91. The van der Waals surface area contributed by atoms with E-state index in [1.807, 2.05) is 30.3 Å². The lowest BCUT2D eigenvalue weighted by Crippen LogP contribution is -2.33. The van der Waals surface area contributed by atoms with Gasteiger partial charge in [0.1, 0.15) is 0 Å². The number of hydrogen-bond donors (Lipinski definition) is 0. The van der Waals surface area contributed by atoms with E-state index in [2.05, 4.69) is 0 Å². The van der Waals surface area contributed by atoms with Gasteiger partial charge in [-0.15, -0.1) is 0 Å². The Hall–Kier alpha value is -3.09. The van der Waals surface area contributed by atoms with Crippen LogP contribution in [0.5, 0.6) is 0 Å². The molecule has 0 aromatic heterocycles. The Morgan fingerprint density at radius 2 is 1.48 bits per heavy atom. The van der Waals surface area contributed by atoms with Crippen LogP contribution in [0.1, 0.15) is 16.7 Å². The average Bonchev–Trinajstić information content (AvgIpc) is 2.72. The van der Waals surface area contributed by atoms with Crippen LogP contribution in [0.2, 0.25) is 0 Å². The van der Waals surface area contributed by atoms with Crippen molar-refractivity contribution in [2.24, 2.45) is 11.8 Å². The molecule has 0 spiro atoms. The van der Waals surface area contributed by atoms with Crippen LogP contribution in [0.25, 0.3) is 6.08 Å². The molecule has 0 aliphatic rings. The monoisotopic (exact) mass is 406 g/mol. The first-order valence-corrected chi connectivity index (χ1v) is 8.81. The van der Waals surface area contributed by atoms with E-state index in [9.17, 15) is 22.8 Å². The van der Waals surface area contributed by atoms with Crippen LogP contribution in [0.15, 0.2) is 60.7 Å². The maximum atomic E-state index is 12.8. The second-order valence-electron chi connectivity index (χ2n) is 6.36. The number of esters is 2. The van der Waals surface area contributed by atoms with Gasteiger partial charge in [0.25, 0.3) is 0 Å². The molecule has 0 radical (unpaired) electrons. The number of carbonyl (C=O) groups excluding carboxylic acids is 2. The summed E-state index contributed by atoms with van der Waals surface area (Å²) in [4.78, 5) is 24.5. The number of benzene rings is 2. The van der Waals surface area contributed by atoms with Crippen LogP contribution in [-0.2, 0) is 31.7 Å². The molecule has 0 saturated heterocycles. The number of carbonyl (C=O) groups is 2. The Morgan fingerprint density at radius 3 is 1.97 bits per heavy atom. The summed E-state index contributed by atoms with van der Waals surface area (Å²) >= 11 is 0. The Kier molecular flexibility index (Phi) is 7.59. The second-order valence-corrected chi connectivity index (χ2v) is 6.36. The Morgan fingerprint density at radius 1 is 0.931 bits per heavy atom. The van der Waals surface area contributed by atoms with Gasteiger partial charge in [-0.1, -0.05) is 54.6 Å². The van der Waals surface area contributed by atoms with Gasteiger partial charge in [-0.2, -0.15) is 13.2 Å². The normalized spacial score (nSPS) is 12.8. The van der Waals surface area contributed by atoms with Crippen molar-refractivity contribution in [2.45, 2.75) is 12.6 Å². The Balaban J connectivity index is 2.36. The number of rotatable bonds is 7. The third kappa shape index (κ3) is 6.20. The van der Waals surface area contributed by atoms with Crippen molar-refractivity contribution in [3.63, 3.8) is 0 Å². The summed E-state index contributed by atoms with van der Waals surface area (Å²) in [7, 11) is 2.32. The lowest BCUT2D eigenvalue weighted by atomic mass is 9.85. The lowest BCUT2D eigenvalue weighted by Gasteiger charge is -2.21. The quantitative estimate of drug-likeness (QED) is 0.500. The minimum Gasteiger partial charge on any atom is -0.468 e. The van der Waals surface area contributed by atoms with Crippen LogP contribution < -0.4 is 0 Å². The molecule has 0 heterocycles. The molecule has 0 saturated carbocycles. The van der Waals surface area contributed by atoms with E-state index in [1.54, 1.807) is 12.2 Å². The summed E-state index contributed by atoms with van der Waals surface area (Å²) in [6.07, 6.45) is -0.874. The third-order valence-electron chi connectivity index (χ3n) is 4.43. The van der Waals surface area contributed by atoms with Crippen molar-refractivity contribution in [1.29, 1.82) is 0 Å². The van der Waals surface area contributed by atoms with Gasteiger partial charge in [0.05, 0.1) is 19.8 Å². The summed E-state index contributed by atoms with van der Waals surface area (Å²) in [5, 5.41) is 0. The predicted octanol–water partition coefficient (Wildman–Crippen LogP) is 4.54. The Labute approximate surface area is 166 Å². The van der Waals surface area contributed by atoms with E-state index < -0.39 is 35.5 Å². The van der Waals surface area contributed by atoms with E-state index in [-0.39, 0.29) is 6.42 Å². The molecular formula is C22H21F3O4. The number of hydrogen-bond acceptors (Lipinski definition) is 4. The largest absolute Gasteiger partial charge is 0.468 e. The molecule has 154 valence electrons. The molecule has 4 nitrogen and oxygen atoms in total. The molecule has 0 aliphatic carbocycles. The van der Waals surface area contributed by atoms with Gasteiger partial charge in [0.2, 0.25) is 0 Å².